The van der Waals surface area contributed by atoms with Crippen LogP contribution < -0.4 is 4.65 Å². The lowest BCUT2D eigenvalue weighted by Gasteiger charge is -1.95. The number of nitrogens with zero attached hydrogens (tertiary/aromatic N) is 2. The quantitative estimate of drug-likeness (QED) is 0.519. The van der Waals surface area contributed by atoms with E-state index in [1.807, 2.05) is 0 Å². The van der Waals surface area contributed by atoms with Gasteiger partial charge in [0.1, 0.15) is 0 Å². The summed E-state index contributed by atoms with van der Waals surface area (Å²) in [6.07, 6.45) is 4.45. The molecule has 1 aromatic heterocycles. The predicted octanol–water partition coefficient (Wildman–Crippen LogP) is -0.886. The molecule has 1 heterocycles. The van der Waals surface area contributed by atoms with Crippen molar-refractivity contribution in [2.75, 3.05) is 0 Å². The molecule has 0 bridgehead atoms. The Morgan fingerprint density at radius 3 is 3.00 bits per heavy atom. The zero-order chi connectivity index (χ0) is 6.53. The molecule has 0 atom stereocenters. The van der Waals surface area contributed by atoms with Gasteiger partial charge in [-0.2, -0.15) is 0 Å². The largest absolute Gasteiger partial charge is 0.524 e. The standard InChI is InChI=1S/C4H5BN2O2/c8-5-9-4-3-6-1-2-7-4/h1-3,5,8H. The molecule has 1 N–H and O–H groups in total. The number of rotatable bonds is 2. The van der Waals surface area contributed by atoms with Gasteiger partial charge in [-0.05, 0) is 0 Å². The van der Waals surface area contributed by atoms with Gasteiger partial charge >= 0.3 is 7.69 Å². The molecule has 9 heavy (non-hydrogen) atoms. The van der Waals surface area contributed by atoms with Gasteiger partial charge in [-0.15, -0.1) is 0 Å². The molecule has 0 unspecified atom stereocenters. The SMILES string of the molecule is OBOc1cnccn1. The van der Waals surface area contributed by atoms with Crippen LogP contribution in [0.2, 0.25) is 0 Å². The van der Waals surface area contributed by atoms with Gasteiger partial charge in [0, 0.05) is 12.4 Å². The highest BCUT2D eigenvalue weighted by atomic mass is 16.5. The third kappa shape index (κ3) is 1.69. The summed E-state index contributed by atoms with van der Waals surface area (Å²) in [4.78, 5) is 7.43. The first-order valence-corrected chi connectivity index (χ1v) is 2.43. The lowest BCUT2D eigenvalue weighted by Crippen LogP contribution is -2.01. The summed E-state index contributed by atoms with van der Waals surface area (Å²) >= 11 is 0. The topological polar surface area (TPSA) is 55.2 Å². The van der Waals surface area contributed by atoms with E-state index < -0.39 is 0 Å². The Hall–Kier alpha value is -1.10. The zero-order valence-electron chi connectivity index (χ0n) is 4.69. The molecule has 1 aromatic rings. The molecular formula is C4H5BN2O2. The van der Waals surface area contributed by atoms with Crippen molar-refractivity contribution in [3.05, 3.63) is 18.6 Å². The maximum atomic E-state index is 8.23. The third-order valence-electron chi connectivity index (χ3n) is 0.752. The summed E-state index contributed by atoms with van der Waals surface area (Å²) < 4.78 is 4.59. The summed E-state index contributed by atoms with van der Waals surface area (Å²) in [5, 5.41) is 8.23. The molecule has 0 radical (unpaired) electrons. The normalized spacial score (nSPS) is 8.56. The Bertz CT molecular complexity index is 169. The van der Waals surface area contributed by atoms with E-state index in [0.29, 0.717) is 5.88 Å². The lowest BCUT2D eigenvalue weighted by molar-refractivity contribution is 0.441. The van der Waals surface area contributed by atoms with Crippen LogP contribution in [-0.4, -0.2) is 22.7 Å². The lowest BCUT2D eigenvalue weighted by atomic mass is 10.4. The second-order valence-corrected chi connectivity index (χ2v) is 1.32. The molecule has 1 rings (SSSR count). The Morgan fingerprint density at radius 1 is 1.56 bits per heavy atom. The van der Waals surface area contributed by atoms with Crippen molar-refractivity contribution in [3.63, 3.8) is 0 Å². The Kier molecular flexibility index (Phi) is 2.03. The van der Waals surface area contributed by atoms with Crippen molar-refractivity contribution in [2.24, 2.45) is 0 Å². The van der Waals surface area contributed by atoms with Crippen LogP contribution >= 0.6 is 0 Å². The van der Waals surface area contributed by atoms with Gasteiger partial charge in [0.25, 0.3) is 0 Å². The number of hydrogen-bond acceptors (Lipinski definition) is 4. The fraction of sp³-hybridized carbons (Fsp3) is 0. The molecule has 0 spiro atoms. The van der Waals surface area contributed by atoms with E-state index in [1.165, 1.54) is 18.6 Å². The fourth-order valence-electron chi connectivity index (χ4n) is 0.426. The summed E-state index contributed by atoms with van der Waals surface area (Å²) in [5.41, 5.74) is 0. The third-order valence-corrected chi connectivity index (χ3v) is 0.752. The van der Waals surface area contributed by atoms with Crippen molar-refractivity contribution in [1.82, 2.24) is 9.97 Å². The number of aromatic nitrogens is 2. The number of hydrogen-bond donors (Lipinski definition) is 1. The Balaban J connectivity index is 2.61. The van der Waals surface area contributed by atoms with Gasteiger partial charge < -0.3 is 9.68 Å². The smallest absolute Gasteiger partial charge is 0.505 e. The minimum Gasteiger partial charge on any atom is -0.524 e. The molecule has 46 valence electrons. The summed E-state index contributed by atoms with van der Waals surface area (Å²) in [6, 6.07) is 0. The highest BCUT2D eigenvalue weighted by Gasteiger charge is 1.89. The fourth-order valence-corrected chi connectivity index (χ4v) is 0.426. The monoisotopic (exact) mass is 124 g/mol. The second-order valence-electron chi connectivity index (χ2n) is 1.32. The van der Waals surface area contributed by atoms with Crippen LogP contribution in [0.15, 0.2) is 18.6 Å². The molecule has 0 saturated carbocycles. The average molecular weight is 124 g/mol. The molecule has 0 aliphatic heterocycles. The second kappa shape index (κ2) is 3.04. The van der Waals surface area contributed by atoms with Gasteiger partial charge in [-0.25, -0.2) is 4.98 Å². The van der Waals surface area contributed by atoms with Crippen LogP contribution in [0.3, 0.4) is 0 Å². The van der Waals surface area contributed by atoms with Crippen LogP contribution in [-0.2, 0) is 0 Å². The van der Waals surface area contributed by atoms with E-state index in [9.17, 15) is 0 Å². The van der Waals surface area contributed by atoms with Crippen molar-refractivity contribution in [3.8, 4) is 5.88 Å². The maximum absolute atomic E-state index is 8.23. The van der Waals surface area contributed by atoms with Gasteiger partial charge in [0.05, 0.1) is 6.20 Å². The van der Waals surface area contributed by atoms with Gasteiger partial charge in [0.15, 0.2) is 0 Å². The highest BCUT2D eigenvalue weighted by Crippen LogP contribution is 1.97. The first-order chi connectivity index (χ1) is 4.43. The minimum absolute atomic E-state index is 0.333. The van der Waals surface area contributed by atoms with Crippen LogP contribution in [0.25, 0.3) is 0 Å². The molecule has 0 aliphatic rings. The molecule has 0 amide bonds. The summed E-state index contributed by atoms with van der Waals surface area (Å²) in [7, 11) is -0.362. The molecule has 0 aromatic carbocycles. The van der Waals surface area contributed by atoms with Crippen molar-refractivity contribution >= 4 is 7.69 Å². The van der Waals surface area contributed by atoms with Crippen molar-refractivity contribution in [1.29, 1.82) is 0 Å². The van der Waals surface area contributed by atoms with Crippen LogP contribution in [0.1, 0.15) is 0 Å². The van der Waals surface area contributed by atoms with Crippen molar-refractivity contribution in [2.45, 2.75) is 0 Å². The van der Waals surface area contributed by atoms with Gasteiger partial charge in [0.2, 0.25) is 5.88 Å². The maximum Gasteiger partial charge on any atom is 0.505 e. The Morgan fingerprint density at radius 2 is 2.44 bits per heavy atom. The minimum atomic E-state index is -0.362. The van der Waals surface area contributed by atoms with Crippen LogP contribution in [0.4, 0.5) is 0 Å². The summed E-state index contributed by atoms with van der Waals surface area (Å²) in [6.45, 7) is 0. The zero-order valence-corrected chi connectivity index (χ0v) is 4.69. The molecule has 0 fully saturated rings. The average Bonchev–Trinajstić information content (AvgIpc) is 1.91. The molecular weight excluding hydrogens is 119 g/mol. The van der Waals surface area contributed by atoms with E-state index in [0.717, 1.165) is 0 Å². The predicted molar refractivity (Wildman–Crippen MR) is 32.0 cm³/mol. The van der Waals surface area contributed by atoms with E-state index in [-0.39, 0.29) is 7.69 Å². The van der Waals surface area contributed by atoms with E-state index >= 15 is 0 Å². The van der Waals surface area contributed by atoms with Crippen LogP contribution in [0.5, 0.6) is 5.88 Å². The Labute approximate surface area is 52.8 Å². The molecule has 0 aliphatic carbocycles. The summed E-state index contributed by atoms with van der Waals surface area (Å²) in [5.74, 6) is 0.333. The van der Waals surface area contributed by atoms with Crippen LogP contribution in [0, 0.1) is 0 Å². The highest BCUT2D eigenvalue weighted by molar-refractivity contribution is 6.17. The van der Waals surface area contributed by atoms with E-state index in [2.05, 4.69) is 14.6 Å². The van der Waals surface area contributed by atoms with E-state index in [1.54, 1.807) is 0 Å². The first-order valence-electron chi connectivity index (χ1n) is 2.43. The van der Waals surface area contributed by atoms with Gasteiger partial charge in [-0.3, -0.25) is 4.98 Å². The van der Waals surface area contributed by atoms with Crippen molar-refractivity contribution < 1.29 is 9.68 Å². The van der Waals surface area contributed by atoms with E-state index in [4.69, 9.17) is 5.02 Å². The first kappa shape index (κ1) is 6.03. The molecule has 0 saturated heterocycles. The van der Waals surface area contributed by atoms with Gasteiger partial charge in [-0.1, -0.05) is 0 Å². The molecule has 4 nitrogen and oxygen atoms in total. The molecule has 5 heteroatoms.